The predicted octanol–water partition coefficient (Wildman–Crippen LogP) is 1.98. The van der Waals surface area contributed by atoms with Crippen LogP contribution < -0.4 is 10.5 Å². The highest BCUT2D eigenvalue weighted by Crippen LogP contribution is 2.27. The lowest BCUT2D eigenvalue weighted by atomic mass is 9.95. The van der Waals surface area contributed by atoms with E-state index < -0.39 is 22.1 Å². The zero-order chi connectivity index (χ0) is 14.6. The van der Waals surface area contributed by atoms with Gasteiger partial charge in [0.15, 0.2) is 0 Å². The first-order chi connectivity index (χ1) is 9.47. The number of hydrogen-bond acceptors (Lipinski definition) is 3. The molecule has 0 fully saturated rings. The molecule has 0 spiro atoms. The lowest BCUT2D eigenvalue weighted by Crippen LogP contribution is -2.35. The van der Waals surface area contributed by atoms with Crippen LogP contribution in [0.15, 0.2) is 60.7 Å². The van der Waals surface area contributed by atoms with E-state index in [0.29, 0.717) is 0 Å². The topological polar surface area (TPSA) is 72.2 Å². The first-order valence-corrected chi connectivity index (χ1v) is 8.19. The van der Waals surface area contributed by atoms with E-state index in [1.54, 1.807) is 0 Å². The first-order valence-electron chi connectivity index (χ1n) is 6.30. The largest absolute Gasteiger partial charge is 0.322 e. The number of rotatable bonds is 5. The summed E-state index contributed by atoms with van der Waals surface area (Å²) < 4.78 is 25.8. The highest BCUT2D eigenvalue weighted by molar-refractivity contribution is 7.88. The van der Waals surface area contributed by atoms with E-state index >= 15 is 0 Å². The molecule has 0 bridgehead atoms. The monoisotopic (exact) mass is 290 g/mol. The molecular formula is C15H18N2O2S. The molecule has 0 aromatic heterocycles. The maximum atomic E-state index is 11.6. The van der Waals surface area contributed by atoms with Gasteiger partial charge in [0.05, 0.1) is 18.3 Å². The first kappa shape index (κ1) is 14.7. The Bertz CT molecular complexity index is 642. The van der Waals surface area contributed by atoms with Gasteiger partial charge < -0.3 is 5.73 Å². The summed E-state index contributed by atoms with van der Waals surface area (Å²) in [5, 5.41) is 0. The van der Waals surface area contributed by atoms with Crippen LogP contribution in [0.2, 0.25) is 0 Å². The Morgan fingerprint density at radius 2 is 1.35 bits per heavy atom. The van der Waals surface area contributed by atoms with Crippen LogP contribution in [-0.4, -0.2) is 14.7 Å². The number of hydrogen-bond donors (Lipinski definition) is 2. The fourth-order valence-electron chi connectivity index (χ4n) is 2.11. The second-order valence-corrected chi connectivity index (χ2v) is 6.49. The third-order valence-electron chi connectivity index (χ3n) is 3.04. The Morgan fingerprint density at radius 1 is 0.900 bits per heavy atom. The Kier molecular flexibility index (Phi) is 4.54. The minimum Gasteiger partial charge on any atom is -0.322 e. The predicted molar refractivity (Wildman–Crippen MR) is 80.5 cm³/mol. The molecule has 0 saturated carbocycles. The van der Waals surface area contributed by atoms with Crippen molar-refractivity contribution in [2.75, 3.05) is 6.26 Å². The summed E-state index contributed by atoms with van der Waals surface area (Å²) in [5.74, 6) is 0. The van der Waals surface area contributed by atoms with Crippen molar-refractivity contribution in [1.82, 2.24) is 4.72 Å². The third-order valence-corrected chi connectivity index (χ3v) is 3.73. The molecule has 0 radical (unpaired) electrons. The Balaban J connectivity index is 2.37. The Labute approximate surface area is 119 Å². The van der Waals surface area contributed by atoms with Crippen LogP contribution in [0.3, 0.4) is 0 Å². The van der Waals surface area contributed by atoms with Gasteiger partial charge in [-0.2, -0.15) is 0 Å². The van der Waals surface area contributed by atoms with Gasteiger partial charge in [0.2, 0.25) is 10.0 Å². The van der Waals surface area contributed by atoms with Gasteiger partial charge in [0, 0.05) is 0 Å². The molecule has 20 heavy (non-hydrogen) atoms. The highest BCUT2D eigenvalue weighted by Gasteiger charge is 2.24. The van der Waals surface area contributed by atoms with Gasteiger partial charge in [-0.25, -0.2) is 13.1 Å². The smallest absolute Gasteiger partial charge is 0.209 e. The van der Waals surface area contributed by atoms with Crippen molar-refractivity contribution in [1.29, 1.82) is 0 Å². The van der Waals surface area contributed by atoms with Crippen molar-refractivity contribution in [2.24, 2.45) is 5.73 Å². The third kappa shape index (κ3) is 3.90. The average Bonchev–Trinajstić information content (AvgIpc) is 2.45. The second kappa shape index (κ2) is 6.17. The van der Waals surface area contributed by atoms with Crippen LogP contribution in [0, 0.1) is 0 Å². The molecule has 0 aliphatic heterocycles. The van der Waals surface area contributed by atoms with E-state index in [1.807, 2.05) is 60.7 Å². The maximum absolute atomic E-state index is 11.6. The SMILES string of the molecule is CS(=O)(=O)N[C@H](c1ccccc1)[C@H](N)c1ccccc1. The van der Waals surface area contributed by atoms with Crippen molar-refractivity contribution in [3.8, 4) is 0 Å². The van der Waals surface area contributed by atoms with Crippen LogP contribution >= 0.6 is 0 Å². The summed E-state index contributed by atoms with van der Waals surface area (Å²) in [6.45, 7) is 0. The molecule has 0 heterocycles. The summed E-state index contributed by atoms with van der Waals surface area (Å²) in [5.41, 5.74) is 7.98. The van der Waals surface area contributed by atoms with Gasteiger partial charge in [-0.3, -0.25) is 0 Å². The highest BCUT2D eigenvalue weighted by atomic mass is 32.2. The van der Waals surface area contributed by atoms with Crippen LogP contribution in [0.4, 0.5) is 0 Å². The molecule has 2 aromatic carbocycles. The van der Waals surface area contributed by atoms with Gasteiger partial charge in [-0.1, -0.05) is 60.7 Å². The van der Waals surface area contributed by atoms with E-state index in [9.17, 15) is 8.42 Å². The molecule has 0 saturated heterocycles. The van der Waals surface area contributed by atoms with Crippen molar-refractivity contribution in [3.05, 3.63) is 71.8 Å². The van der Waals surface area contributed by atoms with E-state index in [2.05, 4.69) is 4.72 Å². The molecular weight excluding hydrogens is 272 g/mol. The van der Waals surface area contributed by atoms with E-state index in [4.69, 9.17) is 5.73 Å². The van der Waals surface area contributed by atoms with Gasteiger partial charge >= 0.3 is 0 Å². The van der Waals surface area contributed by atoms with E-state index in [0.717, 1.165) is 17.4 Å². The molecule has 3 N–H and O–H groups in total. The summed E-state index contributed by atoms with van der Waals surface area (Å²) >= 11 is 0. The number of sulfonamides is 1. The number of benzene rings is 2. The number of nitrogens with one attached hydrogen (secondary N) is 1. The molecule has 0 aliphatic carbocycles. The van der Waals surface area contributed by atoms with Crippen molar-refractivity contribution < 1.29 is 8.42 Å². The summed E-state index contributed by atoms with van der Waals surface area (Å²) in [6, 6.07) is 17.9. The lowest BCUT2D eigenvalue weighted by Gasteiger charge is -2.25. The summed E-state index contributed by atoms with van der Waals surface area (Å²) in [6.07, 6.45) is 1.14. The van der Waals surface area contributed by atoms with Crippen molar-refractivity contribution >= 4 is 10.0 Å². The molecule has 0 amide bonds. The fraction of sp³-hybridized carbons (Fsp3) is 0.200. The van der Waals surface area contributed by atoms with E-state index in [1.165, 1.54) is 0 Å². The van der Waals surface area contributed by atoms with Gasteiger partial charge in [-0.05, 0) is 11.1 Å². The Morgan fingerprint density at radius 3 is 1.80 bits per heavy atom. The summed E-state index contributed by atoms with van der Waals surface area (Å²) in [4.78, 5) is 0. The van der Waals surface area contributed by atoms with Gasteiger partial charge in [0.1, 0.15) is 0 Å². The van der Waals surface area contributed by atoms with Gasteiger partial charge in [0.25, 0.3) is 0 Å². The molecule has 2 aromatic rings. The fourth-order valence-corrected chi connectivity index (χ4v) is 2.85. The summed E-state index contributed by atoms with van der Waals surface area (Å²) in [7, 11) is -3.35. The normalized spacial score (nSPS) is 14.7. The molecule has 5 heteroatoms. The van der Waals surface area contributed by atoms with E-state index in [-0.39, 0.29) is 0 Å². The molecule has 2 atom stereocenters. The zero-order valence-corrected chi connectivity index (χ0v) is 12.0. The van der Waals surface area contributed by atoms with Crippen molar-refractivity contribution in [3.63, 3.8) is 0 Å². The minimum atomic E-state index is -3.35. The number of nitrogens with two attached hydrogens (primary N) is 1. The average molecular weight is 290 g/mol. The Hall–Kier alpha value is -1.69. The molecule has 4 nitrogen and oxygen atoms in total. The maximum Gasteiger partial charge on any atom is 0.209 e. The van der Waals surface area contributed by atoms with Crippen LogP contribution in [-0.2, 0) is 10.0 Å². The van der Waals surface area contributed by atoms with Gasteiger partial charge in [-0.15, -0.1) is 0 Å². The second-order valence-electron chi connectivity index (χ2n) is 4.71. The molecule has 0 aliphatic rings. The van der Waals surface area contributed by atoms with Crippen LogP contribution in [0.5, 0.6) is 0 Å². The standard InChI is InChI=1S/C15H18N2O2S/c1-20(18,19)17-15(13-10-6-3-7-11-13)14(16)12-8-4-2-5-9-12/h2-11,14-15,17H,16H2,1H3/t14-,15-/m1/s1. The molecule has 0 unspecified atom stereocenters. The minimum absolute atomic E-state index is 0.451. The van der Waals surface area contributed by atoms with Crippen LogP contribution in [0.25, 0.3) is 0 Å². The quantitative estimate of drug-likeness (QED) is 0.884. The van der Waals surface area contributed by atoms with Crippen molar-refractivity contribution in [2.45, 2.75) is 12.1 Å². The van der Waals surface area contributed by atoms with Crippen LogP contribution in [0.1, 0.15) is 23.2 Å². The lowest BCUT2D eigenvalue weighted by molar-refractivity contribution is 0.507. The zero-order valence-electron chi connectivity index (χ0n) is 11.2. The molecule has 2 rings (SSSR count). The molecule has 106 valence electrons.